The van der Waals surface area contributed by atoms with E-state index in [0.717, 1.165) is 12.8 Å². The number of halogens is 2. The lowest BCUT2D eigenvalue weighted by Crippen LogP contribution is -2.47. The van der Waals surface area contributed by atoms with Gasteiger partial charge in [-0.25, -0.2) is 12.7 Å². The molecule has 146 valence electrons. The average molecular weight is 421 g/mol. The van der Waals surface area contributed by atoms with Crippen LogP contribution < -0.4 is 5.32 Å². The summed E-state index contributed by atoms with van der Waals surface area (Å²) >= 11 is 12.0. The molecule has 26 heavy (non-hydrogen) atoms. The fraction of sp³-hybridized carbons (Fsp3) is 0.611. The molecule has 0 aliphatic carbocycles. The minimum absolute atomic E-state index is 0.0598. The third kappa shape index (κ3) is 5.84. The van der Waals surface area contributed by atoms with E-state index in [0.29, 0.717) is 35.0 Å². The molecule has 1 aromatic carbocycles. The standard InChI is InChI=1S/C18H26Cl2N2O3S/c1-3-5-13(2)21-18(23)14-6-4-9-22(11-14)26(24,25)12-15-7-8-16(19)10-17(15)20/h7-8,10,13-14H,3-6,9,11-12H2,1-2H3,(H,21,23). The van der Waals surface area contributed by atoms with Crippen LogP contribution in [0.5, 0.6) is 0 Å². The van der Waals surface area contributed by atoms with Crippen LogP contribution in [0.4, 0.5) is 0 Å². The van der Waals surface area contributed by atoms with Crippen molar-refractivity contribution >= 4 is 39.1 Å². The molecule has 1 aliphatic heterocycles. The molecule has 1 fully saturated rings. The van der Waals surface area contributed by atoms with Gasteiger partial charge in [0.1, 0.15) is 0 Å². The summed E-state index contributed by atoms with van der Waals surface area (Å²) in [4.78, 5) is 12.4. The molecule has 1 N–H and O–H groups in total. The van der Waals surface area contributed by atoms with Crippen LogP contribution >= 0.6 is 23.2 Å². The largest absolute Gasteiger partial charge is 0.353 e. The summed E-state index contributed by atoms with van der Waals surface area (Å²) in [5.41, 5.74) is 0.513. The number of rotatable bonds is 7. The topological polar surface area (TPSA) is 66.5 Å². The quantitative estimate of drug-likeness (QED) is 0.728. The van der Waals surface area contributed by atoms with Crippen LogP contribution in [0, 0.1) is 5.92 Å². The van der Waals surface area contributed by atoms with Crippen LogP contribution in [0.15, 0.2) is 18.2 Å². The number of sulfonamides is 1. The molecule has 1 saturated heterocycles. The fourth-order valence-corrected chi connectivity index (χ4v) is 5.40. The van der Waals surface area contributed by atoms with Gasteiger partial charge in [-0.05, 0) is 43.9 Å². The van der Waals surface area contributed by atoms with E-state index >= 15 is 0 Å². The first-order valence-corrected chi connectivity index (χ1v) is 11.3. The molecule has 2 rings (SSSR count). The Morgan fingerprint density at radius 2 is 2.12 bits per heavy atom. The minimum atomic E-state index is -3.55. The number of nitrogens with one attached hydrogen (secondary N) is 1. The van der Waals surface area contributed by atoms with Crippen molar-refractivity contribution in [2.75, 3.05) is 13.1 Å². The summed E-state index contributed by atoms with van der Waals surface area (Å²) in [6.07, 6.45) is 3.29. The monoisotopic (exact) mass is 420 g/mol. The lowest BCUT2D eigenvalue weighted by molar-refractivity contribution is -0.126. The normalized spacial score (nSPS) is 19.9. The second-order valence-electron chi connectivity index (χ2n) is 6.89. The van der Waals surface area contributed by atoms with Gasteiger partial charge in [0.15, 0.2) is 0 Å². The second-order valence-corrected chi connectivity index (χ2v) is 9.70. The van der Waals surface area contributed by atoms with E-state index in [1.807, 2.05) is 6.92 Å². The van der Waals surface area contributed by atoms with Crippen molar-refractivity contribution in [3.8, 4) is 0 Å². The molecule has 0 spiro atoms. The van der Waals surface area contributed by atoms with Crippen molar-refractivity contribution in [3.05, 3.63) is 33.8 Å². The van der Waals surface area contributed by atoms with Crippen molar-refractivity contribution in [3.63, 3.8) is 0 Å². The van der Waals surface area contributed by atoms with E-state index < -0.39 is 10.0 Å². The van der Waals surface area contributed by atoms with Crippen LogP contribution in [0.2, 0.25) is 10.0 Å². The van der Waals surface area contributed by atoms with Crippen LogP contribution in [0.25, 0.3) is 0 Å². The molecule has 2 unspecified atom stereocenters. The van der Waals surface area contributed by atoms with Gasteiger partial charge in [-0.1, -0.05) is 42.6 Å². The summed E-state index contributed by atoms with van der Waals surface area (Å²) in [7, 11) is -3.55. The maximum Gasteiger partial charge on any atom is 0.224 e. The Bertz CT molecular complexity index is 740. The van der Waals surface area contributed by atoms with E-state index in [2.05, 4.69) is 12.2 Å². The first kappa shape index (κ1) is 21.5. The second kappa shape index (κ2) is 9.40. The Morgan fingerprint density at radius 3 is 2.77 bits per heavy atom. The van der Waals surface area contributed by atoms with Crippen molar-refractivity contribution in [2.24, 2.45) is 5.92 Å². The fourth-order valence-electron chi connectivity index (χ4n) is 3.20. The van der Waals surface area contributed by atoms with E-state index in [1.54, 1.807) is 12.1 Å². The average Bonchev–Trinajstić information content (AvgIpc) is 2.57. The lowest BCUT2D eigenvalue weighted by Gasteiger charge is -2.32. The summed E-state index contributed by atoms with van der Waals surface area (Å²) in [5.74, 6) is -0.558. The molecule has 0 radical (unpaired) electrons. The molecule has 0 saturated carbocycles. The molecule has 1 aliphatic rings. The Hall–Kier alpha value is -0.820. The molecule has 1 heterocycles. The van der Waals surface area contributed by atoms with Gasteiger partial charge in [0.2, 0.25) is 15.9 Å². The first-order valence-electron chi connectivity index (χ1n) is 8.95. The highest BCUT2D eigenvalue weighted by molar-refractivity contribution is 7.88. The zero-order valence-electron chi connectivity index (χ0n) is 15.2. The maximum atomic E-state index is 12.8. The Morgan fingerprint density at radius 1 is 1.38 bits per heavy atom. The van der Waals surface area contributed by atoms with Gasteiger partial charge in [-0.2, -0.15) is 0 Å². The van der Waals surface area contributed by atoms with Crippen molar-refractivity contribution in [1.82, 2.24) is 9.62 Å². The number of carbonyl (C=O) groups excluding carboxylic acids is 1. The van der Waals surface area contributed by atoms with E-state index in [-0.39, 0.29) is 30.2 Å². The van der Waals surface area contributed by atoms with Gasteiger partial charge in [-0.3, -0.25) is 4.79 Å². The molecule has 2 atom stereocenters. The van der Waals surface area contributed by atoms with E-state index in [9.17, 15) is 13.2 Å². The van der Waals surface area contributed by atoms with Gasteiger partial charge in [0, 0.05) is 29.2 Å². The van der Waals surface area contributed by atoms with E-state index in [4.69, 9.17) is 23.2 Å². The molecule has 1 aromatic rings. The van der Waals surface area contributed by atoms with Gasteiger partial charge in [0.05, 0.1) is 11.7 Å². The number of hydrogen-bond donors (Lipinski definition) is 1. The summed E-state index contributed by atoms with van der Waals surface area (Å²) in [6.45, 7) is 4.70. The zero-order valence-corrected chi connectivity index (χ0v) is 17.5. The predicted octanol–water partition coefficient (Wildman–Crippen LogP) is 3.84. The van der Waals surface area contributed by atoms with Crippen molar-refractivity contribution in [2.45, 2.75) is 51.3 Å². The van der Waals surface area contributed by atoms with Crippen molar-refractivity contribution in [1.29, 1.82) is 0 Å². The SMILES string of the molecule is CCCC(C)NC(=O)C1CCCN(S(=O)(=O)Cc2ccc(Cl)cc2Cl)C1. The summed E-state index contributed by atoms with van der Waals surface area (Å²) in [5, 5.41) is 3.79. The molecule has 5 nitrogen and oxygen atoms in total. The highest BCUT2D eigenvalue weighted by Gasteiger charge is 2.33. The lowest BCUT2D eigenvalue weighted by atomic mass is 9.98. The van der Waals surface area contributed by atoms with Crippen LogP contribution in [0.3, 0.4) is 0 Å². The minimum Gasteiger partial charge on any atom is -0.353 e. The maximum absolute atomic E-state index is 12.8. The molecular weight excluding hydrogens is 395 g/mol. The Labute approximate surface area is 166 Å². The number of nitrogens with zero attached hydrogens (tertiary/aromatic N) is 1. The van der Waals surface area contributed by atoms with Crippen LogP contribution in [-0.2, 0) is 20.6 Å². The van der Waals surface area contributed by atoms with Gasteiger partial charge in [0.25, 0.3) is 0 Å². The summed E-state index contributed by atoms with van der Waals surface area (Å²) in [6, 6.07) is 4.89. The zero-order chi connectivity index (χ0) is 19.3. The predicted molar refractivity (Wildman–Crippen MR) is 106 cm³/mol. The number of benzene rings is 1. The van der Waals surface area contributed by atoms with Crippen LogP contribution in [-0.4, -0.2) is 37.8 Å². The highest BCUT2D eigenvalue weighted by atomic mass is 35.5. The molecule has 8 heteroatoms. The number of piperidine rings is 1. The smallest absolute Gasteiger partial charge is 0.224 e. The molecule has 0 bridgehead atoms. The van der Waals surface area contributed by atoms with Crippen molar-refractivity contribution < 1.29 is 13.2 Å². The third-order valence-corrected chi connectivity index (χ3v) is 6.99. The highest BCUT2D eigenvalue weighted by Crippen LogP contribution is 2.26. The number of hydrogen-bond acceptors (Lipinski definition) is 3. The third-order valence-electron chi connectivity index (χ3n) is 4.61. The van der Waals surface area contributed by atoms with Gasteiger partial charge >= 0.3 is 0 Å². The first-order chi connectivity index (χ1) is 12.2. The Balaban J connectivity index is 2.04. The van der Waals surface area contributed by atoms with Gasteiger partial charge < -0.3 is 5.32 Å². The van der Waals surface area contributed by atoms with Gasteiger partial charge in [-0.15, -0.1) is 0 Å². The van der Waals surface area contributed by atoms with E-state index in [1.165, 1.54) is 10.4 Å². The Kier molecular flexibility index (Phi) is 7.76. The molecule has 0 aromatic heterocycles. The molecular formula is C18H26Cl2N2O3S. The number of carbonyl (C=O) groups is 1. The number of amides is 1. The summed E-state index contributed by atoms with van der Waals surface area (Å²) < 4.78 is 27.0. The molecule has 1 amide bonds. The van der Waals surface area contributed by atoms with Crippen LogP contribution in [0.1, 0.15) is 45.1 Å².